The van der Waals surface area contributed by atoms with Crippen LogP contribution < -0.4 is 5.32 Å². The average Bonchev–Trinajstić information content (AvgIpc) is 2.29. The highest BCUT2D eigenvalue weighted by atomic mass is 35.5. The van der Waals surface area contributed by atoms with Crippen molar-refractivity contribution in [2.45, 2.75) is 19.4 Å². The molecule has 0 aliphatic carbocycles. The summed E-state index contributed by atoms with van der Waals surface area (Å²) >= 11 is 11.8. The minimum atomic E-state index is -1.10. The first-order chi connectivity index (χ1) is 8.40. The summed E-state index contributed by atoms with van der Waals surface area (Å²) in [6, 6.07) is 5.08. The zero-order valence-electron chi connectivity index (χ0n) is 9.86. The number of carboxylic acid groups (broad SMARTS) is 1. The summed E-state index contributed by atoms with van der Waals surface area (Å²) in [5.74, 6) is -0.201. The number of nitrogens with one attached hydrogen (secondary N) is 1. The van der Waals surface area contributed by atoms with Crippen LogP contribution in [0, 0.1) is 5.92 Å². The van der Waals surface area contributed by atoms with E-state index in [9.17, 15) is 9.90 Å². The van der Waals surface area contributed by atoms with Crippen molar-refractivity contribution in [3.8, 4) is 0 Å². The first-order valence-electron chi connectivity index (χ1n) is 5.49. The highest BCUT2D eigenvalue weighted by molar-refractivity contribution is 6.35. The molecule has 2 atom stereocenters. The van der Waals surface area contributed by atoms with E-state index in [2.05, 4.69) is 5.32 Å². The fourth-order valence-electron chi connectivity index (χ4n) is 1.50. The number of aliphatic hydroxyl groups excluding tert-OH is 1. The molecule has 0 saturated heterocycles. The summed E-state index contributed by atoms with van der Waals surface area (Å²) in [4.78, 5) is 10.3. The van der Waals surface area contributed by atoms with E-state index in [1.807, 2.05) is 0 Å². The number of hydrogen-bond acceptors (Lipinski definition) is 2. The molecule has 1 aromatic rings. The number of halogens is 2. The Morgan fingerprint density at radius 1 is 1.44 bits per heavy atom. The van der Waals surface area contributed by atoms with Crippen molar-refractivity contribution in [3.63, 3.8) is 0 Å². The highest BCUT2D eigenvalue weighted by Gasteiger charge is 2.17. The van der Waals surface area contributed by atoms with Crippen molar-refractivity contribution in [3.05, 3.63) is 33.8 Å². The van der Waals surface area contributed by atoms with E-state index in [4.69, 9.17) is 28.3 Å². The summed E-state index contributed by atoms with van der Waals surface area (Å²) in [7, 11) is 0. The van der Waals surface area contributed by atoms with E-state index in [-0.39, 0.29) is 12.5 Å². The molecular formula is C12H15Cl2NO3. The first-order valence-corrected chi connectivity index (χ1v) is 6.24. The molecule has 0 aliphatic rings. The van der Waals surface area contributed by atoms with Gasteiger partial charge in [0.15, 0.2) is 0 Å². The normalized spacial score (nSPS) is 14.0. The Hall–Kier alpha value is -0.970. The van der Waals surface area contributed by atoms with E-state index in [1.54, 1.807) is 25.1 Å². The van der Waals surface area contributed by atoms with E-state index in [0.717, 1.165) is 5.56 Å². The molecule has 0 saturated carbocycles. The van der Waals surface area contributed by atoms with Gasteiger partial charge in [0, 0.05) is 23.0 Å². The standard InChI is InChI=1S/C12H15Cl2NO3/c1-7(6-15-12(17)18)11(16)4-8-2-3-9(13)5-10(8)14/h2-3,5,7,11,15-16H,4,6H2,1H3,(H,17,18)/t7?,11-/m1/s1. The van der Waals surface area contributed by atoms with Gasteiger partial charge in [-0.05, 0) is 23.6 Å². The number of hydrogen-bond donors (Lipinski definition) is 3. The quantitative estimate of drug-likeness (QED) is 0.781. The topological polar surface area (TPSA) is 69.6 Å². The van der Waals surface area contributed by atoms with Gasteiger partial charge in [-0.1, -0.05) is 36.2 Å². The Kier molecular flexibility index (Phi) is 5.72. The minimum absolute atomic E-state index is 0.196. The predicted molar refractivity (Wildman–Crippen MR) is 71.4 cm³/mol. The monoisotopic (exact) mass is 291 g/mol. The van der Waals surface area contributed by atoms with Gasteiger partial charge in [0.05, 0.1) is 6.10 Å². The number of rotatable bonds is 5. The zero-order valence-corrected chi connectivity index (χ0v) is 11.4. The van der Waals surface area contributed by atoms with Crippen molar-refractivity contribution < 1.29 is 15.0 Å². The van der Waals surface area contributed by atoms with Crippen LogP contribution in [0.25, 0.3) is 0 Å². The molecule has 6 heteroatoms. The largest absolute Gasteiger partial charge is 0.465 e. The first kappa shape index (κ1) is 15.1. The molecule has 1 rings (SSSR count). The molecule has 0 bridgehead atoms. The predicted octanol–water partition coefficient (Wildman–Crippen LogP) is 2.80. The second-order valence-corrected chi connectivity index (χ2v) is 5.01. The summed E-state index contributed by atoms with van der Waals surface area (Å²) in [6.07, 6.45) is -1.41. The molecule has 1 aromatic carbocycles. The van der Waals surface area contributed by atoms with Crippen LogP contribution in [0.4, 0.5) is 4.79 Å². The SMILES string of the molecule is CC(CNC(=O)O)[C@H](O)Cc1ccc(Cl)cc1Cl. The van der Waals surface area contributed by atoms with E-state index in [1.165, 1.54) is 0 Å². The number of aliphatic hydroxyl groups is 1. The van der Waals surface area contributed by atoms with Gasteiger partial charge in [-0.25, -0.2) is 4.79 Å². The van der Waals surface area contributed by atoms with Gasteiger partial charge in [-0.3, -0.25) is 0 Å². The third kappa shape index (κ3) is 4.72. The van der Waals surface area contributed by atoms with Crippen molar-refractivity contribution >= 4 is 29.3 Å². The van der Waals surface area contributed by atoms with Gasteiger partial charge in [0.25, 0.3) is 0 Å². The van der Waals surface area contributed by atoms with Gasteiger partial charge >= 0.3 is 6.09 Å². The van der Waals surface area contributed by atoms with E-state index < -0.39 is 12.2 Å². The highest BCUT2D eigenvalue weighted by Crippen LogP contribution is 2.23. The molecule has 1 amide bonds. The molecule has 100 valence electrons. The summed E-state index contributed by atoms with van der Waals surface area (Å²) < 4.78 is 0. The minimum Gasteiger partial charge on any atom is -0.465 e. The van der Waals surface area contributed by atoms with Crippen molar-refractivity contribution in [1.82, 2.24) is 5.32 Å². The maximum atomic E-state index is 10.3. The van der Waals surface area contributed by atoms with Gasteiger partial charge in [0.2, 0.25) is 0 Å². The smallest absolute Gasteiger partial charge is 0.404 e. The third-order valence-electron chi connectivity index (χ3n) is 2.68. The van der Waals surface area contributed by atoms with Crippen LogP contribution in [-0.2, 0) is 6.42 Å². The molecule has 0 heterocycles. The maximum absolute atomic E-state index is 10.3. The third-order valence-corrected chi connectivity index (χ3v) is 3.26. The van der Waals surface area contributed by atoms with Crippen LogP contribution in [0.1, 0.15) is 12.5 Å². The lowest BCUT2D eigenvalue weighted by molar-refractivity contribution is 0.114. The van der Waals surface area contributed by atoms with Gasteiger partial charge in [-0.2, -0.15) is 0 Å². The Balaban J connectivity index is 2.57. The molecule has 0 aromatic heterocycles. The second-order valence-electron chi connectivity index (χ2n) is 4.17. The van der Waals surface area contributed by atoms with Crippen molar-refractivity contribution in [2.75, 3.05) is 6.54 Å². The van der Waals surface area contributed by atoms with Crippen LogP contribution in [0.15, 0.2) is 18.2 Å². The van der Waals surface area contributed by atoms with Crippen LogP contribution in [-0.4, -0.2) is 29.0 Å². The van der Waals surface area contributed by atoms with E-state index in [0.29, 0.717) is 16.5 Å². The summed E-state index contributed by atoms with van der Waals surface area (Å²) in [5.41, 5.74) is 0.788. The molecule has 0 aliphatic heterocycles. The number of amides is 1. The molecule has 0 fully saturated rings. The molecule has 3 N–H and O–H groups in total. The maximum Gasteiger partial charge on any atom is 0.404 e. The lowest BCUT2D eigenvalue weighted by atomic mass is 9.97. The molecular weight excluding hydrogens is 277 g/mol. The Morgan fingerprint density at radius 3 is 2.67 bits per heavy atom. The lowest BCUT2D eigenvalue weighted by Crippen LogP contribution is -2.33. The second kappa shape index (κ2) is 6.83. The van der Waals surface area contributed by atoms with Crippen molar-refractivity contribution in [2.24, 2.45) is 5.92 Å². The van der Waals surface area contributed by atoms with Gasteiger partial charge < -0.3 is 15.5 Å². The molecule has 1 unspecified atom stereocenters. The van der Waals surface area contributed by atoms with Gasteiger partial charge in [-0.15, -0.1) is 0 Å². The fraction of sp³-hybridized carbons (Fsp3) is 0.417. The Labute approximate surface area is 116 Å². The van der Waals surface area contributed by atoms with Crippen LogP contribution in [0.3, 0.4) is 0 Å². The molecule has 0 spiro atoms. The number of benzene rings is 1. The van der Waals surface area contributed by atoms with E-state index >= 15 is 0 Å². The van der Waals surface area contributed by atoms with Gasteiger partial charge in [0.1, 0.15) is 0 Å². The molecule has 0 radical (unpaired) electrons. The summed E-state index contributed by atoms with van der Waals surface area (Å²) in [5, 5.41) is 21.7. The van der Waals surface area contributed by atoms with Crippen LogP contribution >= 0.6 is 23.2 Å². The van der Waals surface area contributed by atoms with Crippen LogP contribution in [0.2, 0.25) is 10.0 Å². The van der Waals surface area contributed by atoms with Crippen molar-refractivity contribution in [1.29, 1.82) is 0 Å². The fourth-order valence-corrected chi connectivity index (χ4v) is 1.98. The van der Waals surface area contributed by atoms with Crippen LogP contribution in [0.5, 0.6) is 0 Å². The average molecular weight is 292 g/mol. The summed E-state index contributed by atoms with van der Waals surface area (Å²) in [6.45, 7) is 1.96. The molecule has 4 nitrogen and oxygen atoms in total. The molecule has 18 heavy (non-hydrogen) atoms. The number of carbonyl (C=O) groups is 1. The Morgan fingerprint density at radius 2 is 2.11 bits per heavy atom. The lowest BCUT2D eigenvalue weighted by Gasteiger charge is -2.19. The Bertz CT molecular complexity index is 426. The zero-order chi connectivity index (χ0) is 13.7.